The molecule has 0 aromatic carbocycles. The molecule has 0 unspecified atom stereocenters. The summed E-state index contributed by atoms with van der Waals surface area (Å²) in [5.41, 5.74) is 2.48. The van der Waals surface area contributed by atoms with Crippen LogP contribution in [0.25, 0.3) is 0 Å². The molecule has 0 saturated heterocycles. The van der Waals surface area contributed by atoms with E-state index in [2.05, 4.69) is 41.5 Å². The fraction of sp³-hybridized carbons (Fsp3) is 0.720. The number of ether oxygens (including phenoxy) is 1. The third kappa shape index (κ3) is 13.4. The summed E-state index contributed by atoms with van der Waals surface area (Å²) in [6.45, 7) is 14.2. The first-order valence-electron chi connectivity index (χ1n) is 12.6. The Labute approximate surface area is 210 Å². The molecule has 0 aliphatic carbocycles. The molecule has 10 heteroatoms. The average molecular weight is 490 g/mol. The van der Waals surface area contributed by atoms with E-state index in [1.807, 2.05) is 31.7 Å². The summed E-state index contributed by atoms with van der Waals surface area (Å²) in [4.78, 5) is 34.8. The number of unbranched alkanes of at least 4 members (excludes halogenated alkanes) is 4. The van der Waals surface area contributed by atoms with Crippen molar-refractivity contribution in [1.82, 2.24) is 25.6 Å². The van der Waals surface area contributed by atoms with Gasteiger partial charge in [0.1, 0.15) is 11.7 Å². The van der Waals surface area contributed by atoms with Crippen molar-refractivity contribution in [2.24, 2.45) is 5.92 Å². The number of carbonyl (C=O) groups is 2. The molecule has 0 aliphatic rings. The summed E-state index contributed by atoms with van der Waals surface area (Å²) < 4.78 is 5.23. The van der Waals surface area contributed by atoms with E-state index in [1.54, 1.807) is 11.1 Å². The number of carbonyl (C=O) groups excluding carboxylic acids is 2. The van der Waals surface area contributed by atoms with Gasteiger partial charge < -0.3 is 15.0 Å². The van der Waals surface area contributed by atoms with Crippen molar-refractivity contribution in [3.05, 3.63) is 18.1 Å². The number of anilines is 1. The van der Waals surface area contributed by atoms with Crippen LogP contribution in [0.2, 0.25) is 0 Å². The monoisotopic (exact) mass is 489 g/mol. The van der Waals surface area contributed by atoms with Gasteiger partial charge in [0.2, 0.25) is 5.82 Å². The molecule has 0 spiro atoms. The summed E-state index contributed by atoms with van der Waals surface area (Å²) in [5, 5.41) is 13.6. The van der Waals surface area contributed by atoms with Crippen LogP contribution in [0.5, 0.6) is 0 Å². The second-order valence-corrected chi connectivity index (χ2v) is 9.96. The second kappa shape index (κ2) is 15.7. The van der Waals surface area contributed by atoms with Crippen LogP contribution in [-0.2, 0) is 4.74 Å². The van der Waals surface area contributed by atoms with Gasteiger partial charge in [0.15, 0.2) is 5.82 Å². The van der Waals surface area contributed by atoms with E-state index in [1.165, 1.54) is 6.20 Å². The van der Waals surface area contributed by atoms with Crippen LogP contribution in [0, 0.1) is 17.2 Å². The Balaban J connectivity index is 2.57. The largest absolute Gasteiger partial charge is 0.444 e. The molecule has 196 valence electrons. The van der Waals surface area contributed by atoms with Crippen molar-refractivity contribution in [3.63, 3.8) is 0 Å². The van der Waals surface area contributed by atoms with Gasteiger partial charge in [-0.05, 0) is 46.0 Å². The van der Waals surface area contributed by atoms with Crippen LogP contribution in [0.3, 0.4) is 0 Å². The summed E-state index contributed by atoms with van der Waals surface area (Å²) in [7, 11) is 0. The van der Waals surface area contributed by atoms with Crippen LogP contribution in [-0.4, -0.2) is 58.8 Å². The Kier molecular flexibility index (Phi) is 13.5. The Morgan fingerprint density at radius 2 is 1.83 bits per heavy atom. The van der Waals surface area contributed by atoms with Crippen LogP contribution in [0.15, 0.2) is 12.3 Å². The number of amides is 3. The normalized spacial score (nSPS) is 11.0. The zero-order valence-corrected chi connectivity index (χ0v) is 22.3. The van der Waals surface area contributed by atoms with Gasteiger partial charge >= 0.3 is 12.1 Å². The zero-order chi connectivity index (χ0) is 26.3. The van der Waals surface area contributed by atoms with E-state index in [9.17, 15) is 9.59 Å². The lowest BCUT2D eigenvalue weighted by atomic mass is 10.2. The third-order valence-electron chi connectivity index (χ3n) is 4.89. The molecule has 35 heavy (non-hydrogen) atoms. The quantitative estimate of drug-likeness (QED) is 0.289. The van der Waals surface area contributed by atoms with E-state index in [0.29, 0.717) is 32.0 Å². The number of alkyl carbamates (subject to hydrolysis) is 1. The molecule has 1 aromatic rings. The van der Waals surface area contributed by atoms with Crippen LogP contribution in [0.4, 0.5) is 15.4 Å². The van der Waals surface area contributed by atoms with Crippen molar-refractivity contribution in [3.8, 4) is 6.07 Å². The van der Waals surface area contributed by atoms with Gasteiger partial charge in [-0.25, -0.2) is 20.0 Å². The first-order chi connectivity index (χ1) is 16.6. The number of hydrogen-bond donors (Lipinski definition) is 2. The number of urea groups is 1. The standard InChI is InChI=1S/C25H43N7O3/c1-7-8-16-31(17-12-10-9-11-14-28-24(34)35-25(4,5)6)23(33)30-32(19-20(2)3)22-13-15-27-21(18-26)29-22/h13,15,20H,7-12,14,16-17,19H2,1-6H3,(H,28,34)(H,30,33). The summed E-state index contributed by atoms with van der Waals surface area (Å²) in [6, 6.07) is 3.45. The zero-order valence-electron chi connectivity index (χ0n) is 22.3. The summed E-state index contributed by atoms with van der Waals surface area (Å²) in [6.07, 6.45) is 6.69. The van der Waals surface area contributed by atoms with Gasteiger partial charge in [0.05, 0.1) is 0 Å². The number of nitrogens with one attached hydrogen (secondary N) is 2. The number of hydrogen-bond acceptors (Lipinski definition) is 7. The van der Waals surface area contributed by atoms with E-state index in [0.717, 1.165) is 38.5 Å². The second-order valence-electron chi connectivity index (χ2n) is 9.96. The maximum Gasteiger partial charge on any atom is 0.407 e. The molecule has 3 amide bonds. The van der Waals surface area contributed by atoms with Gasteiger partial charge in [-0.1, -0.05) is 40.0 Å². The van der Waals surface area contributed by atoms with Crippen LogP contribution >= 0.6 is 0 Å². The van der Waals surface area contributed by atoms with E-state index < -0.39 is 11.7 Å². The minimum absolute atomic E-state index is 0.0644. The minimum atomic E-state index is -0.497. The highest BCUT2D eigenvalue weighted by Gasteiger charge is 2.19. The van der Waals surface area contributed by atoms with Crippen LogP contribution < -0.4 is 15.8 Å². The van der Waals surface area contributed by atoms with Crippen molar-refractivity contribution in [2.75, 3.05) is 31.2 Å². The van der Waals surface area contributed by atoms with Crippen molar-refractivity contribution >= 4 is 17.9 Å². The number of hydrazine groups is 1. The molecule has 0 aliphatic heterocycles. The lowest BCUT2D eigenvalue weighted by molar-refractivity contribution is 0.0527. The Morgan fingerprint density at radius 1 is 1.14 bits per heavy atom. The maximum atomic E-state index is 13.1. The molecule has 0 radical (unpaired) electrons. The fourth-order valence-electron chi connectivity index (χ4n) is 3.25. The molecule has 1 heterocycles. The number of nitrogens with zero attached hydrogens (tertiary/aromatic N) is 5. The van der Waals surface area contributed by atoms with Crippen molar-refractivity contribution < 1.29 is 14.3 Å². The SMILES string of the molecule is CCCCN(CCCCCCNC(=O)OC(C)(C)C)C(=O)NN(CC(C)C)c1ccnc(C#N)n1. The highest BCUT2D eigenvalue weighted by molar-refractivity contribution is 5.76. The van der Waals surface area contributed by atoms with Gasteiger partial charge in [-0.15, -0.1) is 0 Å². The first kappa shape index (κ1) is 29.9. The van der Waals surface area contributed by atoms with Crippen LogP contribution in [0.1, 0.15) is 85.9 Å². The molecule has 0 fully saturated rings. The lowest BCUT2D eigenvalue weighted by Gasteiger charge is -2.30. The molecule has 0 atom stereocenters. The molecule has 2 N–H and O–H groups in total. The first-order valence-corrected chi connectivity index (χ1v) is 12.6. The Bertz CT molecular complexity index is 818. The molecular formula is C25H43N7O3. The van der Waals surface area contributed by atoms with Crippen molar-refractivity contribution in [1.29, 1.82) is 5.26 Å². The smallest absolute Gasteiger partial charge is 0.407 e. The molecule has 1 aromatic heterocycles. The number of aromatic nitrogens is 2. The van der Waals surface area contributed by atoms with E-state index in [4.69, 9.17) is 10.00 Å². The molecule has 0 bridgehead atoms. The third-order valence-corrected chi connectivity index (χ3v) is 4.89. The van der Waals surface area contributed by atoms with Crippen molar-refractivity contribution in [2.45, 2.75) is 85.7 Å². The number of rotatable bonds is 14. The molecule has 1 rings (SSSR count). The molecule has 10 nitrogen and oxygen atoms in total. The Hall–Kier alpha value is -3.09. The van der Waals surface area contributed by atoms with Gasteiger partial charge in [0.25, 0.3) is 0 Å². The minimum Gasteiger partial charge on any atom is -0.444 e. The van der Waals surface area contributed by atoms with Gasteiger partial charge in [-0.3, -0.25) is 5.01 Å². The van der Waals surface area contributed by atoms with E-state index >= 15 is 0 Å². The predicted octanol–water partition coefficient (Wildman–Crippen LogP) is 4.62. The predicted molar refractivity (Wildman–Crippen MR) is 137 cm³/mol. The molecular weight excluding hydrogens is 446 g/mol. The van der Waals surface area contributed by atoms with Gasteiger partial charge in [-0.2, -0.15) is 10.2 Å². The summed E-state index contributed by atoms with van der Waals surface area (Å²) >= 11 is 0. The molecule has 0 saturated carbocycles. The van der Waals surface area contributed by atoms with Gasteiger partial charge in [0, 0.05) is 38.4 Å². The highest BCUT2D eigenvalue weighted by Crippen LogP contribution is 2.12. The van der Waals surface area contributed by atoms with E-state index in [-0.39, 0.29) is 17.8 Å². The highest BCUT2D eigenvalue weighted by atomic mass is 16.6. The number of nitriles is 1. The average Bonchev–Trinajstić information content (AvgIpc) is 2.78. The fourth-order valence-corrected chi connectivity index (χ4v) is 3.25. The lowest BCUT2D eigenvalue weighted by Crippen LogP contribution is -2.51. The Morgan fingerprint density at radius 3 is 2.46 bits per heavy atom. The maximum absolute atomic E-state index is 13.1. The topological polar surface area (TPSA) is 123 Å². The summed E-state index contributed by atoms with van der Waals surface area (Å²) in [5.74, 6) is 0.829.